The SMILES string of the molecule is [2H]C([2H])([2H])Oc1cc(C(=O)Nc2cc3c(cc2Oc2cc(C)cc(C)c2)C(=O)N[C@@H](CC(=O)N(CC)CC)C(=O)N3)c(Br)c(OC([2H])([2H])[2H])c1OC([2H])([2H])[2H]. The first-order valence-electron chi connectivity index (χ1n) is 18.5. The molecule has 3 aromatic carbocycles. The summed E-state index contributed by atoms with van der Waals surface area (Å²) in [6, 6.07) is 7.24. The minimum Gasteiger partial charge on any atom is -0.493 e. The van der Waals surface area contributed by atoms with E-state index in [1.807, 2.05) is 19.9 Å². The highest BCUT2D eigenvalue weighted by Crippen LogP contribution is 2.45. The van der Waals surface area contributed by atoms with Crippen molar-refractivity contribution in [3.05, 3.63) is 63.1 Å². The van der Waals surface area contributed by atoms with Gasteiger partial charge >= 0.3 is 0 Å². The number of nitrogens with one attached hydrogen (secondary N) is 3. The lowest BCUT2D eigenvalue weighted by Gasteiger charge is -2.21. The molecule has 0 unspecified atom stereocenters. The van der Waals surface area contributed by atoms with E-state index >= 15 is 0 Å². The fraction of sp³-hybridized carbons (Fsp3) is 0.333. The first kappa shape index (κ1) is 23.5. The van der Waals surface area contributed by atoms with Gasteiger partial charge in [-0.2, -0.15) is 0 Å². The van der Waals surface area contributed by atoms with Crippen molar-refractivity contribution >= 4 is 50.9 Å². The standard InChI is InChI=1S/C33H37BrN4O8/c1-8-38(9-2)27(39)16-24-33(42)35-22-15-23(36-32(41)21-14-26(43-5)29(44-6)30(45-7)28(21)34)25(13-20(22)31(40)37-24)46-19-11-17(3)10-18(4)12-19/h10-15,24H,8-9,16H2,1-7H3,(H,35,42)(H,36,41)(H,37,40)/t24-/m0/s1/i5D3,6D3,7D3. The van der Waals surface area contributed by atoms with E-state index in [4.69, 9.17) is 31.3 Å². The van der Waals surface area contributed by atoms with Crippen molar-refractivity contribution < 1.29 is 50.5 Å². The van der Waals surface area contributed by atoms with Gasteiger partial charge in [0, 0.05) is 13.1 Å². The van der Waals surface area contributed by atoms with Gasteiger partial charge in [-0.25, -0.2) is 0 Å². The third kappa shape index (κ3) is 7.20. The number of hydrogen-bond donors (Lipinski definition) is 3. The predicted molar refractivity (Wildman–Crippen MR) is 177 cm³/mol. The molecule has 3 N–H and O–H groups in total. The Morgan fingerprint density at radius 3 is 2.26 bits per heavy atom. The van der Waals surface area contributed by atoms with Gasteiger partial charge in [0.05, 0.1) is 66.8 Å². The maximum absolute atomic E-state index is 14.1. The van der Waals surface area contributed by atoms with Gasteiger partial charge in [-0.1, -0.05) is 6.07 Å². The highest BCUT2D eigenvalue weighted by Gasteiger charge is 2.32. The Labute approximate surface area is 288 Å². The maximum atomic E-state index is 14.1. The van der Waals surface area contributed by atoms with Crippen LogP contribution in [0, 0.1) is 13.8 Å². The van der Waals surface area contributed by atoms with Crippen LogP contribution in [-0.4, -0.2) is 68.8 Å². The molecule has 0 bridgehead atoms. The number of aryl methyl sites for hydroxylation is 2. The van der Waals surface area contributed by atoms with Crippen LogP contribution in [0.5, 0.6) is 28.7 Å². The third-order valence-electron chi connectivity index (χ3n) is 7.11. The van der Waals surface area contributed by atoms with Crippen molar-refractivity contribution in [1.82, 2.24) is 10.2 Å². The lowest BCUT2D eigenvalue weighted by Crippen LogP contribution is -2.45. The van der Waals surface area contributed by atoms with Crippen molar-refractivity contribution in [3.8, 4) is 28.7 Å². The number of anilines is 2. The van der Waals surface area contributed by atoms with Crippen LogP contribution >= 0.6 is 15.9 Å². The second kappa shape index (κ2) is 14.5. The molecule has 0 saturated carbocycles. The van der Waals surface area contributed by atoms with Gasteiger partial charge in [0.15, 0.2) is 17.2 Å². The Morgan fingerprint density at radius 1 is 0.935 bits per heavy atom. The molecule has 0 radical (unpaired) electrons. The Morgan fingerprint density at radius 2 is 1.61 bits per heavy atom. The molecule has 4 rings (SSSR count). The molecular formula is C33H37BrN4O8. The molecule has 13 heteroatoms. The first-order valence-corrected chi connectivity index (χ1v) is 14.8. The summed E-state index contributed by atoms with van der Waals surface area (Å²) < 4.78 is 88.9. The quantitative estimate of drug-likeness (QED) is 0.239. The van der Waals surface area contributed by atoms with Crippen LogP contribution in [0.2, 0.25) is 0 Å². The van der Waals surface area contributed by atoms with Crippen molar-refractivity contribution in [2.45, 2.75) is 40.2 Å². The highest BCUT2D eigenvalue weighted by molar-refractivity contribution is 9.10. The van der Waals surface area contributed by atoms with Crippen LogP contribution in [0.15, 0.2) is 40.9 Å². The Hall–Kier alpha value is -4.78. The fourth-order valence-electron chi connectivity index (χ4n) is 4.93. The van der Waals surface area contributed by atoms with E-state index in [0.717, 1.165) is 17.2 Å². The summed E-state index contributed by atoms with van der Waals surface area (Å²) in [5, 5.41) is 7.74. The number of rotatable bonds is 11. The maximum Gasteiger partial charge on any atom is 0.257 e. The number of fused-ring (bicyclic) bond motifs is 1. The van der Waals surface area contributed by atoms with Crippen LogP contribution in [0.1, 0.15) is 64.4 Å². The zero-order valence-electron chi connectivity index (χ0n) is 34.3. The molecule has 0 saturated heterocycles. The second-order valence-corrected chi connectivity index (χ2v) is 11.1. The number of methoxy groups -OCH3 is 3. The molecule has 0 aliphatic carbocycles. The van der Waals surface area contributed by atoms with Crippen LogP contribution in [-0.2, 0) is 9.59 Å². The average molecular weight is 707 g/mol. The average Bonchev–Trinajstić information content (AvgIpc) is 3.13. The van der Waals surface area contributed by atoms with Gasteiger partial charge in [0.25, 0.3) is 11.8 Å². The Balaban J connectivity index is 1.87. The van der Waals surface area contributed by atoms with Gasteiger partial charge in [-0.3, -0.25) is 19.2 Å². The van der Waals surface area contributed by atoms with E-state index in [-0.39, 0.29) is 35.0 Å². The number of amides is 4. The predicted octanol–water partition coefficient (Wildman–Crippen LogP) is 5.45. The molecule has 244 valence electrons. The lowest BCUT2D eigenvalue weighted by atomic mass is 10.1. The molecule has 4 amide bonds. The van der Waals surface area contributed by atoms with E-state index in [2.05, 4.69) is 31.9 Å². The molecular weight excluding hydrogens is 660 g/mol. The van der Waals surface area contributed by atoms with Crippen molar-refractivity contribution in [3.63, 3.8) is 0 Å². The van der Waals surface area contributed by atoms with Crippen LogP contribution < -0.4 is 34.9 Å². The van der Waals surface area contributed by atoms with Gasteiger partial charge in [0.2, 0.25) is 17.6 Å². The first-order chi connectivity index (χ1) is 25.4. The van der Waals surface area contributed by atoms with E-state index in [9.17, 15) is 19.2 Å². The van der Waals surface area contributed by atoms with Crippen LogP contribution in [0.3, 0.4) is 0 Å². The van der Waals surface area contributed by atoms with Gasteiger partial charge in [0.1, 0.15) is 11.8 Å². The van der Waals surface area contributed by atoms with Gasteiger partial charge in [-0.05, 0) is 85.1 Å². The monoisotopic (exact) mass is 705 g/mol. The molecule has 1 atom stereocenters. The number of carbonyl (C=O) groups is 4. The van der Waals surface area contributed by atoms with Crippen LogP contribution in [0.25, 0.3) is 0 Å². The molecule has 0 aromatic heterocycles. The smallest absolute Gasteiger partial charge is 0.257 e. The third-order valence-corrected chi connectivity index (χ3v) is 7.90. The minimum absolute atomic E-state index is 0.0818. The van der Waals surface area contributed by atoms with Crippen LogP contribution in [0.4, 0.5) is 11.4 Å². The number of ether oxygens (including phenoxy) is 4. The number of benzene rings is 3. The molecule has 12 nitrogen and oxygen atoms in total. The van der Waals surface area contributed by atoms with E-state index in [1.54, 1.807) is 26.0 Å². The summed E-state index contributed by atoms with van der Waals surface area (Å²) >= 11 is 3.07. The van der Waals surface area contributed by atoms with E-state index in [0.29, 0.717) is 18.8 Å². The summed E-state index contributed by atoms with van der Waals surface area (Å²) in [5.74, 6) is -5.47. The molecule has 0 fully saturated rings. The summed E-state index contributed by atoms with van der Waals surface area (Å²) in [7, 11) is -9.78. The fourth-order valence-corrected chi connectivity index (χ4v) is 5.49. The van der Waals surface area contributed by atoms with Gasteiger partial charge < -0.3 is 39.8 Å². The number of nitrogens with zero attached hydrogens (tertiary/aromatic N) is 1. The summed E-state index contributed by atoms with van der Waals surface area (Å²) in [6.07, 6.45) is -0.334. The minimum atomic E-state index is -3.27. The second-order valence-electron chi connectivity index (χ2n) is 10.3. The summed E-state index contributed by atoms with van der Waals surface area (Å²) in [5.41, 5.74) is 0.778. The lowest BCUT2D eigenvalue weighted by molar-refractivity contribution is -0.133. The zero-order valence-corrected chi connectivity index (χ0v) is 26.8. The summed E-state index contributed by atoms with van der Waals surface area (Å²) in [6.45, 7) is 7.96. The summed E-state index contributed by atoms with van der Waals surface area (Å²) in [4.78, 5) is 55.4. The van der Waals surface area contributed by atoms with Crippen molar-refractivity contribution in [2.24, 2.45) is 0 Å². The van der Waals surface area contributed by atoms with Gasteiger partial charge in [-0.15, -0.1) is 0 Å². The van der Waals surface area contributed by atoms with E-state index < -0.39 is 72.2 Å². The zero-order chi connectivity index (χ0) is 41.2. The number of carbonyl (C=O) groups excluding carboxylic acids is 4. The number of hydrogen-bond acceptors (Lipinski definition) is 8. The molecule has 3 aromatic rings. The largest absolute Gasteiger partial charge is 0.493 e. The molecule has 46 heavy (non-hydrogen) atoms. The molecule has 0 spiro atoms. The molecule has 1 aliphatic rings. The molecule has 1 heterocycles. The highest BCUT2D eigenvalue weighted by atomic mass is 79.9. The van der Waals surface area contributed by atoms with Crippen molar-refractivity contribution in [1.29, 1.82) is 0 Å². The number of halogens is 1. The Bertz CT molecular complexity index is 1980. The normalized spacial score (nSPS) is 17.6. The Kier molecular flexibility index (Phi) is 7.44. The topological polar surface area (TPSA) is 145 Å². The molecule has 1 aliphatic heterocycles. The van der Waals surface area contributed by atoms with Crippen molar-refractivity contribution in [2.75, 3.05) is 44.8 Å². The van der Waals surface area contributed by atoms with E-state index in [1.165, 1.54) is 17.0 Å².